The van der Waals surface area contributed by atoms with Gasteiger partial charge >= 0.3 is 5.97 Å². The second kappa shape index (κ2) is 2.95. The SMILES string of the molecule is C=Cn1cc(C2C(C(=O)O)C2(C)C)cn1. The van der Waals surface area contributed by atoms with Gasteiger partial charge in [0.05, 0.1) is 12.1 Å². The van der Waals surface area contributed by atoms with Gasteiger partial charge in [0.1, 0.15) is 0 Å². The molecule has 0 aliphatic heterocycles. The molecule has 2 rings (SSSR count). The monoisotopic (exact) mass is 206 g/mol. The Morgan fingerprint density at radius 1 is 1.73 bits per heavy atom. The lowest BCUT2D eigenvalue weighted by atomic mass is 10.1. The average Bonchev–Trinajstić information content (AvgIpc) is 2.59. The molecule has 0 saturated heterocycles. The summed E-state index contributed by atoms with van der Waals surface area (Å²) in [5.74, 6) is -0.944. The summed E-state index contributed by atoms with van der Waals surface area (Å²) in [4.78, 5) is 11.0. The molecule has 2 atom stereocenters. The van der Waals surface area contributed by atoms with E-state index in [4.69, 9.17) is 5.11 Å². The third-order valence-corrected chi connectivity index (χ3v) is 3.26. The van der Waals surface area contributed by atoms with E-state index in [2.05, 4.69) is 11.7 Å². The van der Waals surface area contributed by atoms with Crippen molar-refractivity contribution in [1.29, 1.82) is 0 Å². The van der Waals surface area contributed by atoms with Crippen LogP contribution < -0.4 is 0 Å². The maximum absolute atomic E-state index is 11.0. The van der Waals surface area contributed by atoms with Crippen molar-refractivity contribution in [1.82, 2.24) is 9.78 Å². The maximum Gasteiger partial charge on any atom is 0.307 e. The van der Waals surface area contributed by atoms with Crippen LogP contribution in [-0.4, -0.2) is 20.9 Å². The number of aliphatic carboxylic acids is 1. The highest BCUT2D eigenvalue weighted by molar-refractivity contribution is 5.77. The fourth-order valence-electron chi connectivity index (χ4n) is 2.33. The Morgan fingerprint density at radius 3 is 2.80 bits per heavy atom. The van der Waals surface area contributed by atoms with Crippen molar-refractivity contribution in [3.8, 4) is 0 Å². The van der Waals surface area contributed by atoms with Crippen LogP contribution in [0, 0.1) is 11.3 Å². The van der Waals surface area contributed by atoms with E-state index in [1.54, 1.807) is 17.1 Å². The molecule has 1 heterocycles. The number of hydrogen-bond acceptors (Lipinski definition) is 2. The van der Waals surface area contributed by atoms with E-state index in [9.17, 15) is 4.79 Å². The van der Waals surface area contributed by atoms with Gasteiger partial charge in [-0.05, 0) is 11.0 Å². The second-order valence-electron chi connectivity index (χ2n) is 4.55. The minimum Gasteiger partial charge on any atom is -0.481 e. The molecule has 1 N–H and O–H groups in total. The van der Waals surface area contributed by atoms with Gasteiger partial charge in [-0.25, -0.2) is 4.68 Å². The van der Waals surface area contributed by atoms with Crippen molar-refractivity contribution in [2.24, 2.45) is 11.3 Å². The van der Waals surface area contributed by atoms with Gasteiger partial charge in [-0.2, -0.15) is 5.10 Å². The van der Waals surface area contributed by atoms with Crippen LogP contribution in [0.2, 0.25) is 0 Å². The molecular weight excluding hydrogens is 192 g/mol. The molecule has 1 saturated carbocycles. The van der Waals surface area contributed by atoms with Gasteiger partial charge in [0.2, 0.25) is 0 Å². The highest BCUT2D eigenvalue weighted by Crippen LogP contribution is 2.64. The first-order chi connectivity index (χ1) is 6.98. The summed E-state index contributed by atoms with van der Waals surface area (Å²) in [6.45, 7) is 7.55. The third kappa shape index (κ3) is 1.37. The molecule has 0 bridgehead atoms. The normalized spacial score (nSPS) is 27.3. The van der Waals surface area contributed by atoms with Crippen LogP contribution in [0.25, 0.3) is 6.20 Å². The molecule has 1 aliphatic carbocycles. The molecule has 1 aromatic rings. The Kier molecular flexibility index (Phi) is 1.96. The lowest BCUT2D eigenvalue weighted by molar-refractivity contribution is -0.139. The summed E-state index contributed by atoms with van der Waals surface area (Å²) in [6, 6.07) is 0. The molecule has 2 unspecified atom stereocenters. The average molecular weight is 206 g/mol. The van der Waals surface area contributed by atoms with Gasteiger partial charge in [-0.3, -0.25) is 4.79 Å². The first-order valence-electron chi connectivity index (χ1n) is 4.88. The lowest BCUT2D eigenvalue weighted by Crippen LogP contribution is -2.03. The van der Waals surface area contributed by atoms with Gasteiger partial charge in [0.15, 0.2) is 0 Å². The molecule has 1 fully saturated rings. The van der Waals surface area contributed by atoms with Gasteiger partial charge < -0.3 is 5.11 Å². The highest BCUT2D eigenvalue weighted by Gasteiger charge is 2.63. The molecule has 0 radical (unpaired) electrons. The van der Waals surface area contributed by atoms with E-state index in [1.807, 2.05) is 20.0 Å². The zero-order valence-electron chi connectivity index (χ0n) is 8.84. The zero-order chi connectivity index (χ0) is 11.2. The Labute approximate surface area is 88.2 Å². The van der Waals surface area contributed by atoms with E-state index < -0.39 is 5.97 Å². The number of nitrogens with zero attached hydrogens (tertiary/aromatic N) is 2. The smallest absolute Gasteiger partial charge is 0.307 e. The number of carboxylic acid groups (broad SMARTS) is 1. The summed E-state index contributed by atoms with van der Waals surface area (Å²) in [6.07, 6.45) is 5.15. The third-order valence-electron chi connectivity index (χ3n) is 3.26. The summed E-state index contributed by atoms with van der Waals surface area (Å²) < 4.78 is 1.60. The number of carboxylic acids is 1. The van der Waals surface area contributed by atoms with Gasteiger partial charge in [-0.15, -0.1) is 0 Å². The van der Waals surface area contributed by atoms with Crippen LogP contribution in [0.15, 0.2) is 19.0 Å². The van der Waals surface area contributed by atoms with E-state index in [0.29, 0.717) is 0 Å². The van der Waals surface area contributed by atoms with Crippen molar-refractivity contribution in [3.05, 3.63) is 24.5 Å². The molecule has 1 aromatic heterocycles. The quantitative estimate of drug-likeness (QED) is 0.820. The van der Waals surface area contributed by atoms with Crippen molar-refractivity contribution in [2.45, 2.75) is 19.8 Å². The fourth-order valence-corrected chi connectivity index (χ4v) is 2.33. The Bertz CT molecular complexity index is 420. The van der Waals surface area contributed by atoms with Crippen molar-refractivity contribution < 1.29 is 9.90 Å². The van der Waals surface area contributed by atoms with Crippen molar-refractivity contribution in [2.75, 3.05) is 0 Å². The van der Waals surface area contributed by atoms with E-state index in [0.717, 1.165) is 5.56 Å². The van der Waals surface area contributed by atoms with E-state index in [1.165, 1.54) is 0 Å². The topological polar surface area (TPSA) is 55.1 Å². The Balaban J connectivity index is 2.27. The summed E-state index contributed by atoms with van der Waals surface area (Å²) >= 11 is 0. The molecule has 1 aliphatic rings. The molecular formula is C11H14N2O2. The van der Waals surface area contributed by atoms with Crippen molar-refractivity contribution in [3.63, 3.8) is 0 Å². The minimum absolute atomic E-state index is 0.0729. The Morgan fingerprint density at radius 2 is 2.40 bits per heavy atom. The number of rotatable bonds is 3. The lowest BCUT2D eigenvalue weighted by Gasteiger charge is -1.97. The minimum atomic E-state index is -0.726. The molecule has 4 heteroatoms. The van der Waals surface area contributed by atoms with Crippen molar-refractivity contribution >= 4 is 12.2 Å². The van der Waals surface area contributed by atoms with E-state index >= 15 is 0 Å². The Hall–Kier alpha value is -1.58. The van der Waals surface area contributed by atoms with Crippen LogP contribution in [0.3, 0.4) is 0 Å². The maximum atomic E-state index is 11.0. The summed E-state index contributed by atoms with van der Waals surface area (Å²) in [7, 11) is 0. The van der Waals surface area contributed by atoms with Crippen LogP contribution in [-0.2, 0) is 4.79 Å². The standard InChI is InChI=1S/C11H14N2O2/c1-4-13-6-7(5-12-13)8-9(10(14)15)11(8,2)3/h4-6,8-9H,1H2,2-3H3,(H,14,15). The summed E-state index contributed by atoms with van der Waals surface area (Å²) in [5, 5.41) is 13.1. The second-order valence-corrected chi connectivity index (χ2v) is 4.55. The van der Waals surface area contributed by atoms with Gasteiger partial charge in [0.25, 0.3) is 0 Å². The van der Waals surface area contributed by atoms with Crippen LogP contribution in [0.1, 0.15) is 25.3 Å². The molecule has 4 nitrogen and oxygen atoms in total. The number of hydrogen-bond donors (Lipinski definition) is 1. The molecule has 0 spiro atoms. The first-order valence-corrected chi connectivity index (χ1v) is 4.88. The molecule has 15 heavy (non-hydrogen) atoms. The van der Waals surface area contributed by atoms with Crippen LogP contribution >= 0.6 is 0 Å². The fraction of sp³-hybridized carbons (Fsp3) is 0.455. The zero-order valence-corrected chi connectivity index (χ0v) is 8.84. The molecule has 0 aromatic carbocycles. The summed E-state index contributed by atoms with van der Waals surface area (Å²) in [5.41, 5.74) is 0.813. The first kappa shape index (κ1) is 9.96. The van der Waals surface area contributed by atoms with Gasteiger partial charge in [-0.1, -0.05) is 20.4 Å². The van der Waals surface area contributed by atoms with Gasteiger partial charge in [0, 0.05) is 18.3 Å². The molecule has 0 amide bonds. The van der Waals surface area contributed by atoms with Crippen LogP contribution in [0.5, 0.6) is 0 Å². The predicted octanol–water partition coefficient (Wildman–Crippen LogP) is 1.81. The van der Waals surface area contributed by atoms with E-state index in [-0.39, 0.29) is 17.3 Å². The predicted molar refractivity (Wildman–Crippen MR) is 56.3 cm³/mol. The number of carbonyl (C=O) groups is 1. The largest absolute Gasteiger partial charge is 0.481 e. The van der Waals surface area contributed by atoms with Crippen LogP contribution in [0.4, 0.5) is 0 Å². The molecule has 80 valence electrons. The number of aromatic nitrogens is 2. The highest BCUT2D eigenvalue weighted by atomic mass is 16.4.